The lowest BCUT2D eigenvalue weighted by Crippen LogP contribution is -2.43. The van der Waals surface area contributed by atoms with Crippen molar-refractivity contribution < 1.29 is 9.47 Å². The van der Waals surface area contributed by atoms with Crippen molar-refractivity contribution in [2.45, 2.75) is 39.7 Å². The molecular weight excluding hydrogens is 250 g/mol. The van der Waals surface area contributed by atoms with Crippen LogP contribution in [-0.2, 0) is 11.3 Å². The normalized spacial score (nSPS) is 16.8. The molecule has 1 aliphatic rings. The Hall–Kier alpha value is -1.06. The zero-order valence-corrected chi connectivity index (χ0v) is 13.2. The maximum atomic E-state index is 5.54. The van der Waals surface area contributed by atoms with Gasteiger partial charge >= 0.3 is 0 Å². The van der Waals surface area contributed by atoms with Crippen LogP contribution >= 0.6 is 0 Å². The maximum Gasteiger partial charge on any atom is 0.126 e. The summed E-state index contributed by atoms with van der Waals surface area (Å²) in [4.78, 5) is 0. The Morgan fingerprint density at radius 2 is 1.95 bits per heavy atom. The minimum absolute atomic E-state index is 0.362. The van der Waals surface area contributed by atoms with Gasteiger partial charge in [0.15, 0.2) is 0 Å². The lowest BCUT2D eigenvalue weighted by Gasteiger charge is -2.41. The first-order valence-corrected chi connectivity index (χ1v) is 7.44. The van der Waals surface area contributed by atoms with Gasteiger partial charge in [0.25, 0.3) is 0 Å². The van der Waals surface area contributed by atoms with E-state index in [1.54, 1.807) is 14.2 Å². The van der Waals surface area contributed by atoms with E-state index in [-0.39, 0.29) is 0 Å². The second-order valence-electron chi connectivity index (χ2n) is 6.16. The van der Waals surface area contributed by atoms with Crippen molar-refractivity contribution in [1.29, 1.82) is 0 Å². The Bertz CT molecular complexity index is 453. The highest BCUT2D eigenvalue weighted by molar-refractivity contribution is 5.43. The first kappa shape index (κ1) is 15.3. The first-order valence-electron chi connectivity index (χ1n) is 7.44. The highest BCUT2D eigenvalue weighted by atomic mass is 16.5. The summed E-state index contributed by atoms with van der Waals surface area (Å²) in [6, 6.07) is 4.38. The number of hydrogen-bond donors (Lipinski definition) is 1. The van der Waals surface area contributed by atoms with Crippen LogP contribution in [0.15, 0.2) is 12.1 Å². The fourth-order valence-electron chi connectivity index (χ4n) is 3.28. The van der Waals surface area contributed by atoms with Crippen molar-refractivity contribution >= 4 is 0 Å². The molecule has 0 radical (unpaired) electrons. The zero-order chi connectivity index (χ0) is 14.6. The Kier molecular flexibility index (Phi) is 5.06. The van der Waals surface area contributed by atoms with Crippen molar-refractivity contribution in [1.82, 2.24) is 5.32 Å². The van der Waals surface area contributed by atoms with Crippen LogP contribution < -0.4 is 10.1 Å². The average Bonchev–Trinajstić information content (AvgIpc) is 2.35. The van der Waals surface area contributed by atoms with E-state index in [1.807, 2.05) is 0 Å². The molecule has 0 bridgehead atoms. The molecule has 0 aliphatic heterocycles. The summed E-state index contributed by atoms with van der Waals surface area (Å²) >= 11 is 0. The molecule has 2 rings (SSSR count). The standard InChI is InChI=1S/C17H27NO2/c1-13-8-14(2)16(20-4)15(9-13)10-18-11-17(12-19-3)6-5-7-17/h8-9,18H,5-7,10-12H2,1-4H3. The van der Waals surface area contributed by atoms with Crippen LogP contribution in [-0.4, -0.2) is 27.4 Å². The van der Waals surface area contributed by atoms with Crippen molar-refractivity contribution in [3.63, 3.8) is 0 Å². The van der Waals surface area contributed by atoms with E-state index < -0.39 is 0 Å². The highest BCUT2D eigenvalue weighted by Gasteiger charge is 2.36. The molecule has 112 valence electrons. The molecule has 0 aromatic heterocycles. The van der Waals surface area contributed by atoms with Gasteiger partial charge in [0.2, 0.25) is 0 Å². The summed E-state index contributed by atoms with van der Waals surface area (Å²) in [5.41, 5.74) is 4.10. The van der Waals surface area contributed by atoms with Crippen LogP contribution in [0.5, 0.6) is 5.75 Å². The minimum Gasteiger partial charge on any atom is -0.496 e. The third-order valence-corrected chi connectivity index (χ3v) is 4.38. The van der Waals surface area contributed by atoms with Crippen LogP contribution in [0, 0.1) is 19.3 Å². The Morgan fingerprint density at radius 3 is 2.50 bits per heavy atom. The molecule has 0 unspecified atom stereocenters. The van der Waals surface area contributed by atoms with Gasteiger partial charge in [-0.25, -0.2) is 0 Å². The van der Waals surface area contributed by atoms with E-state index >= 15 is 0 Å². The summed E-state index contributed by atoms with van der Waals surface area (Å²) in [7, 11) is 3.55. The molecular formula is C17H27NO2. The first-order chi connectivity index (χ1) is 9.60. The van der Waals surface area contributed by atoms with E-state index in [0.717, 1.165) is 25.4 Å². The van der Waals surface area contributed by atoms with Crippen LogP contribution in [0.1, 0.15) is 36.0 Å². The van der Waals surface area contributed by atoms with Gasteiger partial charge in [-0.2, -0.15) is 0 Å². The molecule has 3 heteroatoms. The summed E-state index contributed by atoms with van der Waals surface area (Å²) < 4.78 is 10.9. The SMILES string of the molecule is COCC1(CNCc2cc(C)cc(C)c2OC)CCC1. The molecule has 0 spiro atoms. The van der Waals surface area contributed by atoms with Gasteiger partial charge in [-0.3, -0.25) is 0 Å². The average molecular weight is 277 g/mol. The molecule has 0 atom stereocenters. The molecule has 1 aliphatic carbocycles. The minimum atomic E-state index is 0.362. The topological polar surface area (TPSA) is 30.5 Å². The number of ether oxygens (including phenoxy) is 2. The summed E-state index contributed by atoms with van der Waals surface area (Å²) in [5.74, 6) is 1.01. The maximum absolute atomic E-state index is 5.54. The van der Waals surface area contributed by atoms with E-state index in [9.17, 15) is 0 Å². The molecule has 1 fully saturated rings. The van der Waals surface area contributed by atoms with Gasteiger partial charge in [-0.15, -0.1) is 0 Å². The highest BCUT2D eigenvalue weighted by Crippen LogP contribution is 2.40. The fourth-order valence-corrected chi connectivity index (χ4v) is 3.28. The number of nitrogens with one attached hydrogen (secondary N) is 1. The van der Waals surface area contributed by atoms with Gasteiger partial charge in [-0.1, -0.05) is 24.1 Å². The van der Waals surface area contributed by atoms with Crippen molar-refractivity contribution in [2.24, 2.45) is 5.41 Å². The van der Waals surface area contributed by atoms with Gasteiger partial charge in [0.05, 0.1) is 13.7 Å². The molecule has 0 saturated heterocycles. The van der Waals surface area contributed by atoms with Gasteiger partial charge in [-0.05, 0) is 32.3 Å². The molecule has 1 aromatic carbocycles. The molecule has 3 nitrogen and oxygen atoms in total. The van der Waals surface area contributed by atoms with E-state index in [4.69, 9.17) is 9.47 Å². The third-order valence-electron chi connectivity index (χ3n) is 4.38. The second-order valence-corrected chi connectivity index (χ2v) is 6.16. The fraction of sp³-hybridized carbons (Fsp3) is 0.647. The van der Waals surface area contributed by atoms with E-state index in [0.29, 0.717) is 5.41 Å². The van der Waals surface area contributed by atoms with E-state index in [2.05, 4.69) is 31.3 Å². The van der Waals surface area contributed by atoms with Crippen molar-refractivity contribution in [2.75, 3.05) is 27.4 Å². The molecule has 20 heavy (non-hydrogen) atoms. The van der Waals surface area contributed by atoms with Crippen molar-refractivity contribution in [3.05, 3.63) is 28.8 Å². The smallest absolute Gasteiger partial charge is 0.126 e. The largest absolute Gasteiger partial charge is 0.496 e. The molecule has 0 heterocycles. The second kappa shape index (κ2) is 6.59. The lowest BCUT2D eigenvalue weighted by molar-refractivity contribution is 0.0177. The van der Waals surface area contributed by atoms with Gasteiger partial charge in [0, 0.05) is 31.2 Å². The number of aryl methyl sites for hydroxylation is 2. The number of benzene rings is 1. The number of hydrogen-bond acceptors (Lipinski definition) is 3. The van der Waals surface area contributed by atoms with Crippen LogP contribution in [0.3, 0.4) is 0 Å². The summed E-state index contributed by atoms with van der Waals surface area (Å²) in [6.45, 7) is 6.99. The van der Waals surface area contributed by atoms with Crippen LogP contribution in [0.25, 0.3) is 0 Å². The number of rotatable bonds is 7. The van der Waals surface area contributed by atoms with Gasteiger partial charge < -0.3 is 14.8 Å². The predicted molar refractivity (Wildman–Crippen MR) is 82.3 cm³/mol. The molecule has 0 amide bonds. The number of methoxy groups -OCH3 is 2. The molecule has 1 aromatic rings. The Morgan fingerprint density at radius 1 is 1.20 bits per heavy atom. The van der Waals surface area contributed by atoms with E-state index in [1.165, 1.54) is 36.0 Å². The Balaban J connectivity index is 1.97. The van der Waals surface area contributed by atoms with Gasteiger partial charge in [0.1, 0.15) is 5.75 Å². The zero-order valence-electron chi connectivity index (χ0n) is 13.2. The summed E-state index contributed by atoms with van der Waals surface area (Å²) in [6.07, 6.45) is 3.88. The third kappa shape index (κ3) is 3.33. The monoisotopic (exact) mass is 277 g/mol. The van der Waals surface area contributed by atoms with Crippen LogP contribution in [0.4, 0.5) is 0 Å². The lowest BCUT2D eigenvalue weighted by atomic mass is 9.69. The summed E-state index contributed by atoms with van der Waals surface area (Å²) in [5, 5.41) is 3.60. The Labute approximate surface area is 122 Å². The molecule has 1 saturated carbocycles. The van der Waals surface area contributed by atoms with Crippen LogP contribution in [0.2, 0.25) is 0 Å². The quantitative estimate of drug-likeness (QED) is 0.830. The predicted octanol–water partition coefficient (Wildman–Crippen LogP) is 3.22. The molecule has 1 N–H and O–H groups in total. The van der Waals surface area contributed by atoms with Crippen molar-refractivity contribution in [3.8, 4) is 5.75 Å².